The molecule has 1 aromatic carbocycles. The van der Waals surface area contributed by atoms with Gasteiger partial charge in [-0.15, -0.1) is 0 Å². The van der Waals surface area contributed by atoms with Gasteiger partial charge < -0.3 is 5.73 Å². The first-order valence-electron chi connectivity index (χ1n) is 5.82. The number of aromatic nitrogens is 3. The predicted molar refractivity (Wildman–Crippen MR) is 71.0 cm³/mol. The van der Waals surface area contributed by atoms with Crippen molar-refractivity contribution in [1.82, 2.24) is 14.8 Å². The van der Waals surface area contributed by atoms with Crippen molar-refractivity contribution in [2.75, 3.05) is 0 Å². The molecule has 0 aliphatic rings. The molecule has 0 aliphatic carbocycles. The second kappa shape index (κ2) is 4.23. The lowest BCUT2D eigenvalue weighted by molar-refractivity contribution is 0.765. The van der Waals surface area contributed by atoms with Crippen LogP contribution < -0.4 is 5.73 Å². The van der Waals surface area contributed by atoms with Gasteiger partial charge >= 0.3 is 0 Å². The maximum Gasteiger partial charge on any atom is 0.0589 e. The van der Waals surface area contributed by atoms with E-state index in [0.717, 1.165) is 21.9 Å². The average molecular weight is 238 g/mol. The normalized spacial score (nSPS) is 12.8. The van der Waals surface area contributed by atoms with Gasteiger partial charge in [-0.2, -0.15) is 5.10 Å². The minimum Gasteiger partial charge on any atom is -0.320 e. The number of fused-ring (bicyclic) bond motifs is 1. The Hall–Kier alpha value is -2.20. The molecule has 0 aliphatic heterocycles. The Bertz CT molecular complexity index is 682. The molecule has 1 atom stereocenters. The molecule has 0 saturated carbocycles. The standard InChI is InChI=1S/C14H14N4/c1-18-9-11(8-17-18)14(15)13-4-2-3-10-7-16-6-5-12(10)13/h2-9,14H,15H2,1H3. The molecule has 2 N–H and O–H groups in total. The Kier molecular flexibility index (Phi) is 2.57. The molecule has 3 rings (SSSR count). The minimum atomic E-state index is -0.162. The van der Waals surface area contributed by atoms with Crippen molar-refractivity contribution in [3.05, 3.63) is 60.2 Å². The number of benzene rings is 1. The summed E-state index contributed by atoms with van der Waals surface area (Å²) in [4.78, 5) is 4.13. The molecular weight excluding hydrogens is 224 g/mol. The SMILES string of the molecule is Cn1cc(C(N)c2cccc3cnccc23)cn1. The van der Waals surface area contributed by atoms with Gasteiger partial charge in [-0.3, -0.25) is 9.67 Å². The molecule has 0 amide bonds. The van der Waals surface area contributed by atoms with Crippen LogP contribution in [0.25, 0.3) is 10.8 Å². The second-order valence-corrected chi connectivity index (χ2v) is 4.37. The first kappa shape index (κ1) is 10.9. The quantitative estimate of drug-likeness (QED) is 0.743. The van der Waals surface area contributed by atoms with Crippen LogP contribution in [0.4, 0.5) is 0 Å². The van der Waals surface area contributed by atoms with Crippen LogP contribution in [-0.2, 0) is 7.05 Å². The minimum absolute atomic E-state index is 0.162. The molecule has 4 heteroatoms. The van der Waals surface area contributed by atoms with Gasteiger partial charge in [0.25, 0.3) is 0 Å². The first-order chi connectivity index (χ1) is 8.75. The molecule has 3 aromatic rings. The number of aryl methyl sites for hydroxylation is 1. The topological polar surface area (TPSA) is 56.7 Å². The van der Waals surface area contributed by atoms with Gasteiger partial charge in [-0.05, 0) is 17.0 Å². The number of pyridine rings is 1. The maximum absolute atomic E-state index is 6.32. The fourth-order valence-corrected chi connectivity index (χ4v) is 2.20. The zero-order valence-corrected chi connectivity index (χ0v) is 10.1. The third-order valence-electron chi connectivity index (χ3n) is 3.13. The lowest BCUT2D eigenvalue weighted by atomic mass is 9.97. The van der Waals surface area contributed by atoms with E-state index < -0.39 is 0 Å². The van der Waals surface area contributed by atoms with Crippen molar-refractivity contribution >= 4 is 10.8 Å². The van der Waals surface area contributed by atoms with Crippen molar-refractivity contribution < 1.29 is 0 Å². The highest BCUT2D eigenvalue weighted by Crippen LogP contribution is 2.26. The molecule has 0 spiro atoms. The van der Waals surface area contributed by atoms with Crippen molar-refractivity contribution in [1.29, 1.82) is 0 Å². The number of nitrogens with two attached hydrogens (primary N) is 1. The monoisotopic (exact) mass is 238 g/mol. The van der Waals surface area contributed by atoms with E-state index in [1.807, 2.05) is 43.8 Å². The lowest BCUT2D eigenvalue weighted by Crippen LogP contribution is -2.11. The molecule has 0 bridgehead atoms. The van der Waals surface area contributed by atoms with Gasteiger partial charge in [0.2, 0.25) is 0 Å². The van der Waals surface area contributed by atoms with Gasteiger partial charge in [-0.1, -0.05) is 18.2 Å². The van der Waals surface area contributed by atoms with Crippen LogP contribution in [0.1, 0.15) is 17.2 Å². The molecule has 0 fully saturated rings. The lowest BCUT2D eigenvalue weighted by Gasteiger charge is -2.12. The molecule has 90 valence electrons. The van der Waals surface area contributed by atoms with Crippen molar-refractivity contribution in [3.63, 3.8) is 0 Å². The molecule has 18 heavy (non-hydrogen) atoms. The van der Waals surface area contributed by atoms with Crippen LogP contribution in [0.5, 0.6) is 0 Å². The summed E-state index contributed by atoms with van der Waals surface area (Å²) in [5.41, 5.74) is 8.44. The second-order valence-electron chi connectivity index (χ2n) is 4.37. The van der Waals surface area contributed by atoms with E-state index in [9.17, 15) is 0 Å². The summed E-state index contributed by atoms with van der Waals surface area (Å²) in [5.74, 6) is 0. The molecule has 2 heterocycles. The van der Waals surface area contributed by atoms with E-state index in [2.05, 4.69) is 16.1 Å². The molecule has 4 nitrogen and oxygen atoms in total. The highest BCUT2D eigenvalue weighted by atomic mass is 15.2. The van der Waals surface area contributed by atoms with E-state index in [-0.39, 0.29) is 6.04 Å². The molecule has 2 aromatic heterocycles. The van der Waals surface area contributed by atoms with Crippen LogP contribution in [0.15, 0.2) is 49.1 Å². The summed E-state index contributed by atoms with van der Waals surface area (Å²) in [7, 11) is 1.89. The third kappa shape index (κ3) is 1.76. The number of hydrogen-bond acceptors (Lipinski definition) is 3. The Morgan fingerprint density at radius 2 is 2.11 bits per heavy atom. The number of hydrogen-bond donors (Lipinski definition) is 1. The summed E-state index contributed by atoms with van der Waals surface area (Å²) < 4.78 is 1.77. The van der Waals surface area contributed by atoms with Gasteiger partial charge in [0.15, 0.2) is 0 Å². The van der Waals surface area contributed by atoms with Crippen molar-refractivity contribution in [3.8, 4) is 0 Å². The van der Waals surface area contributed by atoms with Crippen LogP contribution in [-0.4, -0.2) is 14.8 Å². The summed E-state index contributed by atoms with van der Waals surface area (Å²) >= 11 is 0. The molecule has 0 saturated heterocycles. The van der Waals surface area contributed by atoms with Crippen LogP contribution >= 0.6 is 0 Å². The van der Waals surface area contributed by atoms with E-state index in [0.29, 0.717) is 0 Å². The van der Waals surface area contributed by atoms with Gasteiger partial charge in [0.1, 0.15) is 0 Å². The van der Waals surface area contributed by atoms with Crippen LogP contribution in [0.3, 0.4) is 0 Å². The third-order valence-corrected chi connectivity index (χ3v) is 3.13. The summed E-state index contributed by atoms with van der Waals surface area (Å²) in [6.45, 7) is 0. The highest BCUT2D eigenvalue weighted by Gasteiger charge is 2.13. The maximum atomic E-state index is 6.32. The summed E-state index contributed by atoms with van der Waals surface area (Å²) in [6, 6.07) is 7.95. The predicted octanol–water partition coefficient (Wildman–Crippen LogP) is 2.02. The Labute approximate surface area is 105 Å². The van der Waals surface area contributed by atoms with Crippen LogP contribution in [0.2, 0.25) is 0 Å². The number of rotatable bonds is 2. The fourth-order valence-electron chi connectivity index (χ4n) is 2.20. The van der Waals surface area contributed by atoms with Crippen LogP contribution in [0, 0.1) is 0 Å². The van der Waals surface area contributed by atoms with Gasteiger partial charge in [0.05, 0.1) is 12.2 Å². The molecule has 1 unspecified atom stereocenters. The van der Waals surface area contributed by atoms with E-state index in [1.54, 1.807) is 10.9 Å². The molecular formula is C14H14N4. The fraction of sp³-hybridized carbons (Fsp3) is 0.143. The Morgan fingerprint density at radius 1 is 1.22 bits per heavy atom. The summed E-state index contributed by atoms with van der Waals surface area (Å²) in [6.07, 6.45) is 7.41. The van der Waals surface area contributed by atoms with E-state index >= 15 is 0 Å². The van der Waals surface area contributed by atoms with E-state index in [4.69, 9.17) is 5.73 Å². The average Bonchev–Trinajstić information content (AvgIpc) is 2.84. The van der Waals surface area contributed by atoms with Crippen molar-refractivity contribution in [2.24, 2.45) is 12.8 Å². The zero-order chi connectivity index (χ0) is 12.5. The molecule has 0 radical (unpaired) electrons. The summed E-state index contributed by atoms with van der Waals surface area (Å²) in [5, 5.41) is 6.42. The van der Waals surface area contributed by atoms with Gasteiger partial charge in [0, 0.05) is 36.6 Å². The Morgan fingerprint density at radius 3 is 2.89 bits per heavy atom. The largest absolute Gasteiger partial charge is 0.320 e. The number of nitrogens with zero attached hydrogens (tertiary/aromatic N) is 3. The van der Waals surface area contributed by atoms with E-state index in [1.165, 1.54) is 0 Å². The Balaban J connectivity index is 2.14. The first-order valence-corrected chi connectivity index (χ1v) is 5.82. The van der Waals surface area contributed by atoms with Crippen molar-refractivity contribution in [2.45, 2.75) is 6.04 Å². The zero-order valence-electron chi connectivity index (χ0n) is 10.1. The van der Waals surface area contributed by atoms with Gasteiger partial charge in [-0.25, -0.2) is 0 Å². The smallest absolute Gasteiger partial charge is 0.0589 e. The highest BCUT2D eigenvalue weighted by molar-refractivity contribution is 5.85.